The zero-order valence-electron chi connectivity index (χ0n) is 9.40. The minimum Gasteiger partial charge on any atom is -0.383 e. The summed E-state index contributed by atoms with van der Waals surface area (Å²) in [7, 11) is 0. The van der Waals surface area contributed by atoms with Crippen LogP contribution in [0.3, 0.4) is 0 Å². The summed E-state index contributed by atoms with van der Waals surface area (Å²) >= 11 is 3.93. The van der Waals surface area contributed by atoms with Gasteiger partial charge in [-0.2, -0.15) is 0 Å². The van der Waals surface area contributed by atoms with Crippen LogP contribution in [0.15, 0.2) is 11.4 Å². The molecule has 1 aliphatic rings. The lowest BCUT2D eigenvalue weighted by Crippen LogP contribution is -2.04. The van der Waals surface area contributed by atoms with E-state index in [4.69, 9.17) is 10.7 Å². The van der Waals surface area contributed by atoms with Gasteiger partial charge in [-0.05, 0) is 59.4 Å². The molecule has 1 aliphatic carbocycles. The van der Waals surface area contributed by atoms with Gasteiger partial charge in [0.15, 0.2) is 5.82 Å². The second kappa shape index (κ2) is 4.20. The third kappa shape index (κ3) is 2.06. The zero-order valence-corrected chi connectivity index (χ0v) is 12.4. The van der Waals surface area contributed by atoms with Crippen molar-refractivity contribution in [2.75, 3.05) is 5.73 Å². The number of aromatic nitrogens is 2. The number of rotatable bonds is 2. The van der Waals surface area contributed by atoms with Crippen LogP contribution in [0.1, 0.15) is 30.0 Å². The van der Waals surface area contributed by atoms with Crippen LogP contribution in [0, 0.1) is 10.5 Å². The maximum Gasteiger partial charge on any atom is 0.172 e. The van der Waals surface area contributed by atoms with Gasteiger partial charge in [-0.15, -0.1) is 11.3 Å². The van der Waals surface area contributed by atoms with Crippen molar-refractivity contribution >= 4 is 39.7 Å². The highest BCUT2D eigenvalue weighted by Crippen LogP contribution is 2.42. The molecule has 3 rings (SSSR count). The van der Waals surface area contributed by atoms with E-state index in [9.17, 15) is 0 Å². The van der Waals surface area contributed by atoms with E-state index in [1.165, 1.54) is 18.4 Å². The third-order valence-corrected chi connectivity index (χ3v) is 5.05. The molecule has 88 valence electrons. The maximum atomic E-state index is 5.99. The van der Waals surface area contributed by atoms with E-state index in [0.717, 1.165) is 20.0 Å². The van der Waals surface area contributed by atoms with Crippen LogP contribution in [-0.2, 0) is 0 Å². The number of nitrogen functional groups attached to an aromatic ring is 1. The van der Waals surface area contributed by atoms with E-state index < -0.39 is 0 Å². The highest BCUT2D eigenvalue weighted by atomic mass is 127. The van der Waals surface area contributed by atoms with E-state index in [2.05, 4.69) is 45.9 Å². The zero-order chi connectivity index (χ0) is 12.0. The van der Waals surface area contributed by atoms with E-state index in [0.29, 0.717) is 11.7 Å². The van der Waals surface area contributed by atoms with Crippen LogP contribution in [0.25, 0.3) is 10.7 Å². The van der Waals surface area contributed by atoms with Gasteiger partial charge in [-0.25, -0.2) is 9.97 Å². The second-order valence-corrected chi connectivity index (χ2v) is 6.33. The summed E-state index contributed by atoms with van der Waals surface area (Å²) in [6.45, 7) is 2.08. The number of hydrogen-bond donors (Lipinski definition) is 1. The number of aryl methyl sites for hydroxylation is 1. The van der Waals surface area contributed by atoms with E-state index in [1.807, 2.05) is 0 Å². The normalized spacial score (nSPS) is 15.2. The van der Waals surface area contributed by atoms with Crippen LogP contribution in [0.4, 0.5) is 5.82 Å². The lowest BCUT2D eigenvalue weighted by Gasteiger charge is -2.07. The Morgan fingerprint density at radius 3 is 2.76 bits per heavy atom. The predicted molar refractivity (Wildman–Crippen MR) is 79.2 cm³/mol. The van der Waals surface area contributed by atoms with Gasteiger partial charge >= 0.3 is 0 Å². The van der Waals surface area contributed by atoms with Crippen LogP contribution >= 0.6 is 33.9 Å². The SMILES string of the molecule is Cc1ccsc1-c1nc(N)c(I)c(C2CC2)n1. The molecular weight excluding hydrogens is 345 g/mol. The van der Waals surface area contributed by atoms with Crippen molar-refractivity contribution < 1.29 is 0 Å². The molecule has 0 atom stereocenters. The third-order valence-electron chi connectivity index (χ3n) is 2.93. The summed E-state index contributed by atoms with van der Waals surface area (Å²) in [5.41, 5.74) is 8.35. The standard InChI is InChI=1S/C12H12IN3S/c1-6-4-5-17-10(6)12-15-9(7-2-3-7)8(13)11(14)16-12/h4-5,7H,2-3H2,1H3,(H2,14,15,16). The smallest absolute Gasteiger partial charge is 0.172 e. The molecule has 0 bridgehead atoms. The molecule has 5 heteroatoms. The quantitative estimate of drug-likeness (QED) is 0.836. The fourth-order valence-electron chi connectivity index (χ4n) is 1.81. The molecular formula is C12H12IN3S. The summed E-state index contributed by atoms with van der Waals surface area (Å²) in [5, 5.41) is 2.07. The summed E-state index contributed by atoms with van der Waals surface area (Å²) in [6, 6.07) is 2.09. The van der Waals surface area contributed by atoms with Crippen LogP contribution in [-0.4, -0.2) is 9.97 Å². The number of nitrogens with two attached hydrogens (primary N) is 1. The van der Waals surface area contributed by atoms with Gasteiger partial charge in [0.05, 0.1) is 14.1 Å². The number of anilines is 1. The fourth-order valence-corrected chi connectivity index (χ4v) is 3.35. The van der Waals surface area contributed by atoms with E-state index in [-0.39, 0.29) is 0 Å². The predicted octanol–water partition coefficient (Wildman–Crippen LogP) is 3.58. The first-order valence-electron chi connectivity index (χ1n) is 5.54. The molecule has 17 heavy (non-hydrogen) atoms. The Labute approximate surface area is 118 Å². The Hall–Kier alpha value is -0.690. The van der Waals surface area contributed by atoms with Crippen molar-refractivity contribution in [2.24, 2.45) is 0 Å². The van der Waals surface area contributed by atoms with Crippen molar-refractivity contribution in [1.29, 1.82) is 0 Å². The van der Waals surface area contributed by atoms with Crippen LogP contribution in [0.5, 0.6) is 0 Å². The number of hydrogen-bond acceptors (Lipinski definition) is 4. The van der Waals surface area contributed by atoms with E-state index >= 15 is 0 Å². The molecule has 0 aliphatic heterocycles. The summed E-state index contributed by atoms with van der Waals surface area (Å²) in [5.74, 6) is 2.01. The van der Waals surface area contributed by atoms with Crippen molar-refractivity contribution in [3.63, 3.8) is 0 Å². The number of halogens is 1. The van der Waals surface area contributed by atoms with Crippen molar-refractivity contribution in [3.05, 3.63) is 26.3 Å². The van der Waals surface area contributed by atoms with Gasteiger partial charge in [0.1, 0.15) is 5.82 Å². The van der Waals surface area contributed by atoms with Gasteiger partial charge in [0.25, 0.3) is 0 Å². The molecule has 0 radical (unpaired) electrons. The van der Waals surface area contributed by atoms with E-state index in [1.54, 1.807) is 11.3 Å². The molecule has 1 fully saturated rings. The molecule has 2 aromatic heterocycles. The average molecular weight is 357 g/mol. The molecule has 0 spiro atoms. The van der Waals surface area contributed by atoms with Crippen molar-refractivity contribution in [3.8, 4) is 10.7 Å². The Balaban J connectivity index is 2.15. The lowest BCUT2D eigenvalue weighted by atomic mass is 10.2. The largest absolute Gasteiger partial charge is 0.383 e. The summed E-state index contributed by atoms with van der Waals surface area (Å²) in [6.07, 6.45) is 2.46. The number of thiophene rings is 1. The molecule has 2 heterocycles. The monoisotopic (exact) mass is 357 g/mol. The first-order valence-corrected chi connectivity index (χ1v) is 7.50. The van der Waals surface area contributed by atoms with Crippen LogP contribution < -0.4 is 5.73 Å². The first kappa shape index (κ1) is 11.4. The Morgan fingerprint density at radius 2 is 2.18 bits per heavy atom. The molecule has 0 aromatic carbocycles. The summed E-state index contributed by atoms with van der Waals surface area (Å²) < 4.78 is 1.03. The fraction of sp³-hybridized carbons (Fsp3) is 0.333. The topological polar surface area (TPSA) is 51.8 Å². The molecule has 0 saturated heterocycles. The molecule has 0 amide bonds. The van der Waals surface area contributed by atoms with Gasteiger partial charge < -0.3 is 5.73 Å². The van der Waals surface area contributed by atoms with Crippen LogP contribution in [0.2, 0.25) is 0 Å². The lowest BCUT2D eigenvalue weighted by molar-refractivity contribution is 0.984. The van der Waals surface area contributed by atoms with Crippen molar-refractivity contribution in [1.82, 2.24) is 9.97 Å². The molecule has 2 aromatic rings. The second-order valence-electron chi connectivity index (χ2n) is 4.34. The number of nitrogens with zero attached hydrogens (tertiary/aromatic N) is 2. The van der Waals surface area contributed by atoms with Crippen molar-refractivity contribution in [2.45, 2.75) is 25.7 Å². The highest BCUT2D eigenvalue weighted by Gasteiger charge is 2.29. The Kier molecular flexibility index (Phi) is 2.82. The molecule has 1 saturated carbocycles. The van der Waals surface area contributed by atoms with Gasteiger partial charge in [0, 0.05) is 5.92 Å². The Morgan fingerprint density at radius 1 is 1.41 bits per heavy atom. The van der Waals surface area contributed by atoms with Gasteiger partial charge in [0.2, 0.25) is 0 Å². The summed E-state index contributed by atoms with van der Waals surface area (Å²) in [4.78, 5) is 10.3. The molecule has 0 unspecified atom stereocenters. The minimum absolute atomic E-state index is 0.603. The minimum atomic E-state index is 0.603. The van der Waals surface area contributed by atoms with Gasteiger partial charge in [-0.1, -0.05) is 0 Å². The first-order chi connectivity index (χ1) is 8.16. The molecule has 2 N–H and O–H groups in total. The maximum absolute atomic E-state index is 5.99. The highest BCUT2D eigenvalue weighted by molar-refractivity contribution is 14.1. The Bertz CT molecular complexity index is 575. The average Bonchev–Trinajstić information content (AvgIpc) is 3.05. The van der Waals surface area contributed by atoms with Gasteiger partial charge in [-0.3, -0.25) is 0 Å². The molecule has 3 nitrogen and oxygen atoms in total.